The lowest BCUT2D eigenvalue weighted by molar-refractivity contribution is -0.137. The number of halogens is 2. The number of carbonyl (C=O) groups is 3. The van der Waals surface area contributed by atoms with E-state index in [1.165, 1.54) is 6.07 Å². The third-order valence-electron chi connectivity index (χ3n) is 5.75. The molecule has 1 heterocycles. The molecule has 0 aromatic heterocycles. The van der Waals surface area contributed by atoms with Crippen LogP contribution in [0.4, 0.5) is 13.6 Å². The van der Waals surface area contributed by atoms with Crippen LogP contribution in [0.5, 0.6) is 0 Å². The van der Waals surface area contributed by atoms with Crippen LogP contribution in [0.2, 0.25) is 0 Å². The molecule has 1 aliphatic carbocycles. The van der Waals surface area contributed by atoms with Gasteiger partial charge in [0.1, 0.15) is 12.1 Å². The highest BCUT2D eigenvalue weighted by atomic mass is 19.2. The van der Waals surface area contributed by atoms with Crippen molar-refractivity contribution < 1.29 is 23.2 Å². The molecule has 158 valence electrons. The van der Waals surface area contributed by atoms with Crippen LogP contribution in [0.3, 0.4) is 0 Å². The highest BCUT2D eigenvalue weighted by molar-refractivity contribution is 6.09. The van der Waals surface area contributed by atoms with Crippen molar-refractivity contribution in [2.75, 3.05) is 6.54 Å². The first-order valence-corrected chi connectivity index (χ1v) is 9.81. The number of hydrogen-bond acceptors (Lipinski definition) is 3. The van der Waals surface area contributed by atoms with Gasteiger partial charge in [-0.1, -0.05) is 26.8 Å². The summed E-state index contributed by atoms with van der Waals surface area (Å²) in [6, 6.07) is 2.18. The Labute approximate surface area is 169 Å². The summed E-state index contributed by atoms with van der Waals surface area (Å²) in [7, 11) is 0. The van der Waals surface area contributed by atoms with Gasteiger partial charge in [0, 0.05) is 0 Å². The molecule has 0 radical (unpaired) electrons. The maximum absolute atomic E-state index is 13.4. The Morgan fingerprint density at radius 2 is 1.97 bits per heavy atom. The first-order valence-electron chi connectivity index (χ1n) is 9.81. The Hall–Kier alpha value is -2.51. The predicted octanol–water partition coefficient (Wildman–Crippen LogP) is 3.28. The van der Waals surface area contributed by atoms with Gasteiger partial charge in [-0.3, -0.25) is 14.5 Å². The van der Waals surface area contributed by atoms with Gasteiger partial charge < -0.3 is 10.6 Å². The second-order valence-electron chi connectivity index (χ2n) is 9.22. The van der Waals surface area contributed by atoms with Crippen LogP contribution in [-0.4, -0.2) is 34.8 Å². The third-order valence-corrected chi connectivity index (χ3v) is 5.75. The fourth-order valence-electron chi connectivity index (χ4n) is 4.95. The molecule has 3 atom stereocenters. The van der Waals surface area contributed by atoms with E-state index in [9.17, 15) is 23.2 Å². The maximum atomic E-state index is 13.4. The van der Waals surface area contributed by atoms with E-state index >= 15 is 0 Å². The standard InChI is InChI=1S/C21H27F2N3O3/c1-12-8-20(3,4)11-21(9-12)18(28)26(19(29)25-21)10-17(27)24-13(2)14-5-6-15(22)16(23)7-14/h5-7,12-13H,8-11H2,1-4H3,(H,24,27)(H,25,29). The summed E-state index contributed by atoms with van der Waals surface area (Å²) < 4.78 is 26.5. The van der Waals surface area contributed by atoms with Crippen molar-refractivity contribution in [3.63, 3.8) is 0 Å². The van der Waals surface area contributed by atoms with Crippen LogP contribution >= 0.6 is 0 Å². The molecule has 2 aliphatic rings. The third kappa shape index (κ3) is 4.26. The van der Waals surface area contributed by atoms with Crippen LogP contribution in [0.15, 0.2) is 18.2 Å². The molecule has 8 heteroatoms. The topological polar surface area (TPSA) is 78.5 Å². The maximum Gasteiger partial charge on any atom is 0.325 e. The summed E-state index contributed by atoms with van der Waals surface area (Å²) in [5.41, 5.74) is -0.682. The van der Waals surface area contributed by atoms with E-state index in [1.54, 1.807) is 6.92 Å². The van der Waals surface area contributed by atoms with E-state index in [1.807, 2.05) is 0 Å². The zero-order chi connectivity index (χ0) is 21.6. The minimum atomic E-state index is -1.01. The number of hydrogen-bond donors (Lipinski definition) is 2. The van der Waals surface area contributed by atoms with Crippen molar-refractivity contribution in [3.05, 3.63) is 35.4 Å². The Bertz CT molecular complexity index is 858. The molecule has 29 heavy (non-hydrogen) atoms. The molecule has 1 saturated heterocycles. The van der Waals surface area contributed by atoms with Crippen molar-refractivity contribution in [3.8, 4) is 0 Å². The quantitative estimate of drug-likeness (QED) is 0.752. The Morgan fingerprint density at radius 3 is 2.59 bits per heavy atom. The number of nitrogens with one attached hydrogen (secondary N) is 2. The van der Waals surface area contributed by atoms with Crippen molar-refractivity contribution in [1.29, 1.82) is 0 Å². The van der Waals surface area contributed by atoms with Gasteiger partial charge in [-0.15, -0.1) is 0 Å². The average molecular weight is 407 g/mol. The van der Waals surface area contributed by atoms with Crippen molar-refractivity contribution in [1.82, 2.24) is 15.5 Å². The van der Waals surface area contributed by atoms with E-state index in [0.29, 0.717) is 18.4 Å². The van der Waals surface area contributed by atoms with E-state index in [4.69, 9.17) is 0 Å². The largest absolute Gasteiger partial charge is 0.348 e. The normalized spacial score (nSPS) is 27.1. The first-order chi connectivity index (χ1) is 13.4. The summed E-state index contributed by atoms with van der Waals surface area (Å²) >= 11 is 0. The molecule has 1 aromatic carbocycles. The van der Waals surface area contributed by atoms with Gasteiger partial charge in [0.15, 0.2) is 11.6 Å². The molecule has 2 N–H and O–H groups in total. The van der Waals surface area contributed by atoms with E-state index in [2.05, 4.69) is 31.4 Å². The molecule has 3 unspecified atom stereocenters. The second-order valence-corrected chi connectivity index (χ2v) is 9.22. The lowest BCUT2D eigenvalue weighted by Gasteiger charge is -2.43. The number of rotatable bonds is 4. The van der Waals surface area contributed by atoms with E-state index in [-0.39, 0.29) is 17.2 Å². The average Bonchev–Trinajstić information content (AvgIpc) is 2.78. The molecule has 1 spiro atoms. The monoisotopic (exact) mass is 407 g/mol. The first kappa shape index (κ1) is 21.2. The molecule has 6 nitrogen and oxygen atoms in total. The van der Waals surface area contributed by atoms with Gasteiger partial charge in [-0.05, 0) is 55.2 Å². The Morgan fingerprint density at radius 1 is 1.28 bits per heavy atom. The number of carbonyl (C=O) groups excluding carboxylic acids is 3. The van der Waals surface area contributed by atoms with Gasteiger partial charge in [-0.25, -0.2) is 13.6 Å². The fourth-order valence-corrected chi connectivity index (χ4v) is 4.95. The minimum Gasteiger partial charge on any atom is -0.348 e. The SMILES string of the molecule is CC1CC(C)(C)CC2(C1)NC(=O)N(CC(=O)NC(C)c1ccc(F)c(F)c1)C2=O. The minimum absolute atomic E-state index is 0.0972. The van der Waals surface area contributed by atoms with Crippen LogP contribution in [0.25, 0.3) is 0 Å². The Balaban J connectivity index is 1.68. The fraction of sp³-hybridized carbons (Fsp3) is 0.571. The summed E-state index contributed by atoms with van der Waals surface area (Å²) in [6.45, 7) is 7.39. The molecule has 3 rings (SSSR count). The smallest absolute Gasteiger partial charge is 0.325 e. The van der Waals surface area contributed by atoms with Crippen LogP contribution in [0, 0.1) is 23.0 Å². The number of nitrogens with zero attached hydrogens (tertiary/aromatic N) is 1. The number of amides is 4. The highest BCUT2D eigenvalue weighted by Crippen LogP contribution is 2.46. The van der Waals surface area contributed by atoms with Crippen molar-refractivity contribution >= 4 is 17.8 Å². The van der Waals surface area contributed by atoms with Crippen molar-refractivity contribution in [2.45, 2.75) is 58.5 Å². The molecular formula is C21H27F2N3O3. The van der Waals surface area contributed by atoms with Crippen LogP contribution in [0.1, 0.15) is 58.6 Å². The summed E-state index contributed by atoms with van der Waals surface area (Å²) in [5, 5.41) is 5.45. The van der Waals surface area contributed by atoms with Gasteiger partial charge in [0.05, 0.1) is 6.04 Å². The van der Waals surface area contributed by atoms with Crippen LogP contribution < -0.4 is 10.6 Å². The van der Waals surface area contributed by atoms with Crippen molar-refractivity contribution in [2.24, 2.45) is 11.3 Å². The predicted molar refractivity (Wildman–Crippen MR) is 103 cm³/mol. The second kappa shape index (κ2) is 7.39. The number of imide groups is 1. The van der Waals surface area contributed by atoms with Gasteiger partial charge in [0.2, 0.25) is 5.91 Å². The number of benzene rings is 1. The lowest BCUT2D eigenvalue weighted by Crippen LogP contribution is -2.54. The molecule has 1 aromatic rings. The lowest BCUT2D eigenvalue weighted by atomic mass is 9.64. The zero-order valence-corrected chi connectivity index (χ0v) is 17.1. The number of urea groups is 1. The zero-order valence-electron chi connectivity index (χ0n) is 17.1. The summed E-state index contributed by atoms with van der Waals surface area (Å²) in [4.78, 5) is 38.9. The molecule has 2 fully saturated rings. The molecule has 1 saturated carbocycles. The van der Waals surface area contributed by atoms with Crippen LogP contribution in [-0.2, 0) is 9.59 Å². The van der Waals surface area contributed by atoms with Gasteiger partial charge >= 0.3 is 6.03 Å². The molecule has 0 bridgehead atoms. The highest BCUT2D eigenvalue weighted by Gasteiger charge is 2.56. The van der Waals surface area contributed by atoms with Gasteiger partial charge in [-0.2, -0.15) is 0 Å². The molecular weight excluding hydrogens is 380 g/mol. The van der Waals surface area contributed by atoms with E-state index < -0.39 is 41.7 Å². The van der Waals surface area contributed by atoms with Gasteiger partial charge in [0.25, 0.3) is 5.91 Å². The summed E-state index contributed by atoms with van der Waals surface area (Å²) in [5.74, 6) is -2.64. The van der Waals surface area contributed by atoms with E-state index in [0.717, 1.165) is 23.5 Å². The molecule has 4 amide bonds. The Kier molecular flexibility index (Phi) is 5.40. The summed E-state index contributed by atoms with van der Waals surface area (Å²) in [6.07, 6.45) is 2.03. The molecule has 1 aliphatic heterocycles.